The number of carbonyl (C=O) groups excluding carboxylic acids is 1. The lowest BCUT2D eigenvalue weighted by atomic mass is 10.2. The summed E-state index contributed by atoms with van der Waals surface area (Å²) >= 11 is 0. The highest BCUT2D eigenvalue weighted by molar-refractivity contribution is 5.69. The molecule has 1 rings (SSSR count). The molecule has 0 aliphatic heterocycles. The van der Waals surface area contributed by atoms with Gasteiger partial charge in [-0.25, -0.2) is 0 Å². The maximum Gasteiger partial charge on any atom is 0.305 e. The number of hydrogen-bond donors (Lipinski definition) is 0. The minimum absolute atomic E-state index is 0.0244. The second-order valence-electron chi connectivity index (χ2n) is 8.56. The van der Waals surface area contributed by atoms with Crippen LogP contribution in [0, 0.1) is 10.1 Å². The molecule has 0 saturated heterocycles. The van der Waals surface area contributed by atoms with Crippen LogP contribution in [0.3, 0.4) is 0 Å². The zero-order valence-corrected chi connectivity index (χ0v) is 24.3. The third-order valence-corrected chi connectivity index (χ3v) is 5.25. The van der Waals surface area contributed by atoms with Crippen molar-refractivity contribution in [2.45, 2.75) is 32.6 Å². The molecule has 0 radical (unpaired) electrons. The van der Waals surface area contributed by atoms with Crippen LogP contribution in [0.4, 0.5) is 5.69 Å². The summed E-state index contributed by atoms with van der Waals surface area (Å²) in [5.41, 5.74) is 0.0244. The number of hydrogen-bond acceptors (Lipinski definition) is 12. The van der Waals surface area contributed by atoms with E-state index in [9.17, 15) is 14.9 Å². The lowest BCUT2D eigenvalue weighted by Gasteiger charge is -2.09. The van der Waals surface area contributed by atoms with Crippen LogP contribution in [-0.2, 0) is 42.7 Å². The van der Waals surface area contributed by atoms with Gasteiger partial charge in [-0.15, -0.1) is 0 Å². The zero-order chi connectivity index (χ0) is 29.6. The van der Waals surface area contributed by atoms with E-state index in [0.717, 1.165) is 19.3 Å². The molecular weight excluding hydrogens is 542 g/mol. The van der Waals surface area contributed by atoms with Gasteiger partial charge in [0.2, 0.25) is 0 Å². The van der Waals surface area contributed by atoms with Gasteiger partial charge in [-0.3, -0.25) is 14.9 Å². The highest BCUT2D eigenvalue weighted by Gasteiger charge is 2.04. The van der Waals surface area contributed by atoms with E-state index in [0.29, 0.717) is 111 Å². The number of benzene rings is 1. The molecule has 13 nitrogen and oxygen atoms in total. The van der Waals surface area contributed by atoms with Crippen molar-refractivity contribution < 1.29 is 52.3 Å². The average molecular weight is 590 g/mol. The van der Waals surface area contributed by atoms with Crippen LogP contribution in [0.2, 0.25) is 0 Å². The fourth-order valence-corrected chi connectivity index (χ4v) is 3.11. The average Bonchev–Trinajstić information content (AvgIpc) is 2.97. The van der Waals surface area contributed by atoms with Gasteiger partial charge < -0.3 is 42.6 Å². The Bertz CT molecular complexity index is 750. The topological polar surface area (TPSA) is 143 Å². The van der Waals surface area contributed by atoms with E-state index in [2.05, 4.69) is 6.92 Å². The van der Waals surface area contributed by atoms with E-state index in [4.69, 9.17) is 42.6 Å². The smallest absolute Gasteiger partial charge is 0.305 e. The predicted molar refractivity (Wildman–Crippen MR) is 149 cm³/mol. The van der Waals surface area contributed by atoms with Gasteiger partial charge in [-0.05, 0) is 18.6 Å². The number of non-ortho nitro benzene ring substituents is 1. The van der Waals surface area contributed by atoms with E-state index in [1.807, 2.05) is 0 Å². The minimum atomic E-state index is -0.454. The van der Waals surface area contributed by atoms with Crippen molar-refractivity contribution in [2.24, 2.45) is 0 Å². The van der Waals surface area contributed by atoms with E-state index < -0.39 is 4.92 Å². The lowest BCUT2D eigenvalue weighted by Crippen LogP contribution is -2.15. The van der Waals surface area contributed by atoms with Crippen molar-refractivity contribution in [1.82, 2.24) is 0 Å². The van der Waals surface area contributed by atoms with Gasteiger partial charge in [-0.1, -0.05) is 19.8 Å². The fraction of sp³-hybridized carbons (Fsp3) is 0.750. The Morgan fingerprint density at radius 3 is 1.39 bits per heavy atom. The van der Waals surface area contributed by atoms with Crippen molar-refractivity contribution in [1.29, 1.82) is 0 Å². The third-order valence-electron chi connectivity index (χ3n) is 5.25. The molecule has 0 aliphatic carbocycles. The number of carbonyl (C=O) groups is 1. The van der Waals surface area contributed by atoms with Gasteiger partial charge in [0, 0.05) is 18.6 Å². The van der Waals surface area contributed by atoms with Gasteiger partial charge in [0.1, 0.15) is 19.0 Å². The molecule has 0 saturated carbocycles. The molecule has 13 heteroatoms. The Hall–Kier alpha value is -2.39. The van der Waals surface area contributed by atoms with Crippen LogP contribution in [0.5, 0.6) is 5.75 Å². The molecule has 0 atom stereocenters. The summed E-state index contributed by atoms with van der Waals surface area (Å²) in [5.74, 6) is 0.388. The first-order valence-corrected chi connectivity index (χ1v) is 14.2. The molecule has 0 unspecified atom stereocenters. The largest absolute Gasteiger partial charge is 0.491 e. The van der Waals surface area contributed by atoms with Crippen LogP contribution < -0.4 is 4.74 Å². The Labute approximate surface area is 242 Å². The van der Waals surface area contributed by atoms with Crippen LogP contribution in [0.15, 0.2) is 24.3 Å². The first kappa shape index (κ1) is 36.6. The van der Waals surface area contributed by atoms with Crippen LogP contribution in [-0.4, -0.2) is 117 Å². The van der Waals surface area contributed by atoms with E-state index in [1.54, 1.807) is 12.1 Å². The summed E-state index contributed by atoms with van der Waals surface area (Å²) in [4.78, 5) is 21.6. The highest BCUT2D eigenvalue weighted by Crippen LogP contribution is 2.17. The third kappa shape index (κ3) is 24.0. The Morgan fingerprint density at radius 1 is 0.610 bits per heavy atom. The number of rotatable bonds is 30. The molecule has 236 valence electrons. The van der Waals surface area contributed by atoms with Crippen molar-refractivity contribution in [3.63, 3.8) is 0 Å². The maximum atomic E-state index is 11.4. The van der Waals surface area contributed by atoms with Gasteiger partial charge in [0.25, 0.3) is 5.69 Å². The molecule has 0 fully saturated rings. The Balaban J connectivity index is 1.69. The second kappa shape index (κ2) is 27.8. The first-order chi connectivity index (χ1) is 20.1. The van der Waals surface area contributed by atoms with Crippen molar-refractivity contribution in [3.8, 4) is 5.75 Å². The minimum Gasteiger partial charge on any atom is -0.491 e. The summed E-state index contributed by atoms with van der Waals surface area (Å²) in [7, 11) is 0. The first-order valence-electron chi connectivity index (χ1n) is 14.2. The van der Waals surface area contributed by atoms with Gasteiger partial charge in [0.15, 0.2) is 0 Å². The molecule has 41 heavy (non-hydrogen) atoms. The van der Waals surface area contributed by atoms with Crippen molar-refractivity contribution in [3.05, 3.63) is 34.4 Å². The number of nitrogens with zero attached hydrogens (tertiary/aromatic N) is 1. The van der Waals surface area contributed by atoms with Gasteiger partial charge >= 0.3 is 5.97 Å². The molecule has 0 aromatic heterocycles. The summed E-state index contributed by atoms with van der Waals surface area (Å²) in [6.45, 7) is 9.03. The Morgan fingerprint density at radius 2 is 1.00 bits per heavy atom. The van der Waals surface area contributed by atoms with Crippen LogP contribution in [0.1, 0.15) is 32.6 Å². The summed E-state index contributed by atoms with van der Waals surface area (Å²) < 4.78 is 48.5. The monoisotopic (exact) mass is 589 g/mol. The lowest BCUT2D eigenvalue weighted by molar-refractivity contribution is -0.384. The van der Waals surface area contributed by atoms with Gasteiger partial charge in [0.05, 0.1) is 97.4 Å². The van der Waals surface area contributed by atoms with E-state index >= 15 is 0 Å². The summed E-state index contributed by atoms with van der Waals surface area (Å²) in [6, 6.07) is 5.90. The molecule has 0 bridgehead atoms. The molecule has 0 aliphatic rings. The van der Waals surface area contributed by atoms with Crippen molar-refractivity contribution in [2.75, 3.05) is 106 Å². The number of unbranched alkanes of at least 4 members (excludes halogenated alkanes) is 2. The molecule has 0 spiro atoms. The summed E-state index contributed by atoms with van der Waals surface area (Å²) in [5, 5.41) is 10.6. The Kier molecular flexibility index (Phi) is 24.8. The van der Waals surface area contributed by atoms with Crippen LogP contribution >= 0.6 is 0 Å². The molecular formula is C28H47NO12. The normalized spacial score (nSPS) is 11.0. The quantitative estimate of drug-likeness (QED) is 0.0562. The standard InChI is InChI=1S/C28H47NO12/c1-2-3-4-5-28(30)41-25-23-39-21-19-37-17-15-35-13-11-33-10-12-34-14-16-36-18-20-38-22-24-40-27-8-6-26(7-9-27)29(31)32/h6-9H,2-5,10-25H2,1H3. The number of nitro benzene ring substituents is 1. The summed E-state index contributed by atoms with van der Waals surface area (Å²) in [6.07, 6.45) is 3.47. The van der Waals surface area contributed by atoms with Gasteiger partial charge in [-0.2, -0.15) is 0 Å². The van der Waals surface area contributed by atoms with E-state index in [-0.39, 0.29) is 18.3 Å². The highest BCUT2D eigenvalue weighted by atomic mass is 16.6. The molecule has 1 aromatic rings. The second-order valence-corrected chi connectivity index (χ2v) is 8.56. The molecule has 0 amide bonds. The van der Waals surface area contributed by atoms with E-state index in [1.165, 1.54) is 12.1 Å². The molecule has 1 aromatic carbocycles. The predicted octanol–water partition coefficient (Wildman–Crippen LogP) is 3.21. The SMILES string of the molecule is CCCCCC(=O)OCCOCCOCCOCCOCCOCCOCCOCCOc1ccc([N+](=O)[O-])cc1. The number of esters is 1. The molecule has 0 heterocycles. The molecule has 0 N–H and O–H groups in total. The number of ether oxygens (including phenoxy) is 9. The van der Waals surface area contributed by atoms with Crippen LogP contribution in [0.25, 0.3) is 0 Å². The van der Waals surface area contributed by atoms with Crippen molar-refractivity contribution >= 4 is 11.7 Å². The fourth-order valence-electron chi connectivity index (χ4n) is 3.11. The number of nitro groups is 1. The zero-order valence-electron chi connectivity index (χ0n) is 24.3. The maximum absolute atomic E-state index is 11.4.